The highest BCUT2D eigenvalue weighted by molar-refractivity contribution is 7.07. The van der Waals surface area contributed by atoms with Crippen LogP contribution in [0.15, 0.2) is 35.2 Å². The molecular weight excluding hydrogens is 330 g/mol. The number of hydrogen-bond acceptors (Lipinski definition) is 4. The Labute approximate surface area is 144 Å². The predicted octanol–water partition coefficient (Wildman–Crippen LogP) is 2.68. The van der Waals surface area contributed by atoms with Gasteiger partial charge in [-0.15, -0.1) is 11.3 Å². The first-order valence-corrected chi connectivity index (χ1v) is 9.06. The molecule has 2 aliphatic heterocycles. The highest BCUT2D eigenvalue weighted by atomic mass is 35.5. The van der Waals surface area contributed by atoms with Crippen molar-refractivity contribution in [3.8, 4) is 0 Å². The molecule has 4 rings (SSSR count). The predicted molar refractivity (Wildman–Crippen MR) is 91.6 cm³/mol. The standard InChI is InChI=1S/C17H18ClN3OS/c18-14-3-1-13(2-4-14)5-16(22)21-10-17(11-21)8-20(9-17)6-15-7-23-12-19-15/h1-4,7,12H,5-6,8-11H2. The number of likely N-dealkylation sites (tertiary alicyclic amines) is 2. The van der Waals surface area contributed by atoms with Crippen LogP contribution in [0.4, 0.5) is 0 Å². The Kier molecular flexibility index (Phi) is 3.87. The van der Waals surface area contributed by atoms with E-state index in [1.807, 2.05) is 34.7 Å². The molecule has 1 amide bonds. The van der Waals surface area contributed by atoms with E-state index < -0.39 is 0 Å². The van der Waals surface area contributed by atoms with Crippen molar-refractivity contribution in [3.63, 3.8) is 0 Å². The van der Waals surface area contributed by atoms with Gasteiger partial charge in [-0.2, -0.15) is 0 Å². The van der Waals surface area contributed by atoms with Crippen LogP contribution in [-0.2, 0) is 17.8 Å². The Balaban J connectivity index is 1.24. The normalized spacial score (nSPS) is 19.4. The van der Waals surface area contributed by atoms with Gasteiger partial charge in [0.15, 0.2) is 0 Å². The van der Waals surface area contributed by atoms with Crippen LogP contribution in [0.3, 0.4) is 0 Å². The molecule has 6 heteroatoms. The molecule has 1 aromatic heterocycles. The number of nitrogens with zero attached hydrogens (tertiary/aromatic N) is 3. The topological polar surface area (TPSA) is 36.4 Å². The Morgan fingerprint density at radius 3 is 2.61 bits per heavy atom. The van der Waals surface area contributed by atoms with Crippen LogP contribution in [0.1, 0.15) is 11.3 Å². The molecule has 23 heavy (non-hydrogen) atoms. The van der Waals surface area contributed by atoms with E-state index in [0.29, 0.717) is 16.9 Å². The Hall–Kier alpha value is -1.43. The molecule has 4 nitrogen and oxygen atoms in total. The van der Waals surface area contributed by atoms with Crippen molar-refractivity contribution in [2.24, 2.45) is 5.41 Å². The van der Waals surface area contributed by atoms with E-state index in [2.05, 4.69) is 15.3 Å². The summed E-state index contributed by atoms with van der Waals surface area (Å²) < 4.78 is 0. The first-order valence-electron chi connectivity index (χ1n) is 7.74. The van der Waals surface area contributed by atoms with Crippen molar-refractivity contribution in [3.05, 3.63) is 51.4 Å². The molecule has 2 aromatic rings. The van der Waals surface area contributed by atoms with Gasteiger partial charge in [-0.3, -0.25) is 9.69 Å². The fourth-order valence-corrected chi connectivity index (χ4v) is 4.26. The molecule has 1 spiro atoms. The molecule has 2 aliphatic rings. The fraction of sp³-hybridized carbons (Fsp3) is 0.412. The summed E-state index contributed by atoms with van der Waals surface area (Å²) in [6, 6.07) is 7.53. The van der Waals surface area contributed by atoms with Crippen LogP contribution in [0, 0.1) is 5.41 Å². The van der Waals surface area contributed by atoms with Crippen LogP contribution in [0.25, 0.3) is 0 Å². The highest BCUT2D eigenvalue weighted by Gasteiger charge is 2.52. The number of halogens is 1. The lowest BCUT2D eigenvalue weighted by Gasteiger charge is -2.60. The quantitative estimate of drug-likeness (QED) is 0.853. The molecule has 0 aliphatic carbocycles. The third kappa shape index (κ3) is 3.13. The zero-order chi connectivity index (χ0) is 15.9. The summed E-state index contributed by atoms with van der Waals surface area (Å²) in [5, 5.41) is 2.81. The number of carbonyl (C=O) groups is 1. The van der Waals surface area contributed by atoms with Gasteiger partial charge in [0.25, 0.3) is 0 Å². The second kappa shape index (κ2) is 5.89. The van der Waals surface area contributed by atoms with Gasteiger partial charge < -0.3 is 4.90 Å². The number of rotatable bonds is 4. The lowest BCUT2D eigenvalue weighted by atomic mass is 9.72. The van der Waals surface area contributed by atoms with Crippen molar-refractivity contribution >= 4 is 28.8 Å². The number of amides is 1. The van der Waals surface area contributed by atoms with Crippen LogP contribution in [-0.4, -0.2) is 46.9 Å². The summed E-state index contributed by atoms with van der Waals surface area (Å²) in [5.41, 5.74) is 4.40. The number of carbonyl (C=O) groups excluding carboxylic acids is 1. The minimum absolute atomic E-state index is 0.218. The molecular formula is C17H18ClN3OS. The van der Waals surface area contributed by atoms with Gasteiger partial charge in [-0.1, -0.05) is 23.7 Å². The van der Waals surface area contributed by atoms with Crippen LogP contribution in [0.5, 0.6) is 0 Å². The molecule has 0 atom stereocenters. The Morgan fingerprint density at radius 1 is 1.22 bits per heavy atom. The fourth-order valence-electron chi connectivity index (χ4n) is 3.59. The second-order valence-corrected chi connectivity index (χ2v) is 7.83. The number of aromatic nitrogens is 1. The third-order valence-electron chi connectivity index (χ3n) is 4.66. The van der Waals surface area contributed by atoms with E-state index in [1.54, 1.807) is 11.3 Å². The van der Waals surface area contributed by atoms with Gasteiger partial charge in [0.2, 0.25) is 5.91 Å². The third-order valence-corrected chi connectivity index (χ3v) is 5.55. The summed E-state index contributed by atoms with van der Waals surface area (Å²) in [4.78, 5) is 21.0. The summed E-state index contributed by atoms with van der Waals surface area (Å²) in [6.07, 6.45) is 0.468. The molecule has 0 radical (unpaired) electrons. The maximum atomic E-state index is 12.3. The van der Waals surface area contributed by atoms with Gasteiger partial charge in [-0.25, -0.2) is 4.98 Å². The van der Waals surface area contributed by atoms with E-state index in [9.17, 15) is 4.79 Å². The molecule has 0 N–H and O–H groups in total. The van der Waals surface area contributed by atoms with Crippen LogP contribution < -0.4 is 0 Å². The van der Waals surface area contributed by atoms with Crippen LogP contribution >= 0.6 is 22.9 Å². The lowest BCUT2D eigenvalue weighted by molar-refractivity contribution is -0.159. The minimum Gasteiger partial charge on any atom is -0.341 e. The highest BCUT2D eigenvalue weighted by Crippen LogP contribution is 2.40. The smallest absolute Gasteiger partial charge is 0.227 e. The first kappa shape index (κ1) is 15.1. The number of hydrogen-bond donors (Lipinski definition) is 0. The van der Waals surface area contributed by atoms with E-state index in [1.165, 1.54) is 0 Å². The van der Waals surface area contributed by atoms with Gasteiger partial charge in [0.05, 0.1) is 17.6 Å². The average molecular weight is 348 g/mol. The van der Waals surface area contributed by atoms with Crippen LogP contribution in [0.2, 0.25) is 5.02 Å². The second-order valence-electron chi connectivity index (χ2n) is 6.68. The molecule has 0 unspecified atom stereocenters. The van der Waals surface area contributed by atoms with Gasteiger partial charge in [0.1, 0.15) is 0 Å². The maximum absolute atomic E-state index is 12.3. The average Bonchev–Trinajstić information content (AvgIpc) is 2.95. The molecule has 0 bridgehead atoms. The maximum Gasteiger partial charge on any atom is 0.227 e. The van der Waals surface area contributed by atoms with E-state index in [-0.39, 0.29) is 5.91 Å². The van der Waals surface area contributed by atoms with Crippen molar-refractivity contribution in [1.29, 1.82) is 0 Å². The Morgan fingerprint density at radius 2 is 1.96 bits per heavy atom. The van der Waals surface area contributed by atoms with Crippen molar-refractivity contribution in [2.75, 3.05) is 26.2 Å². The van der Waals surface area contributed by atoms with Gasteiger partial charge in [-0.05, 0) is 17.7 Å². The summed E-state index contributed by atoms with van der Waals surface area (Å²) >= 11 is 7.52. The lowest BCUT2D eigenvalue weighted by Crippen LogP contribution is -2.72. The van der Waals surface area contributed by atoms with E-state index >= 15 is 0 Å². The van der Waals surface area contributed by atoms with Gasteiger partial charge in [0, 0.05) is 48.5 Å². The molecule has 2 saturated heterocycles. The van der Waals surface area contributed by atoms with E-state index in [0.717, 1.165) is 44.0 Å². The molecule has 1 aromatic carbocycles. The molecule has 120 valence electrons. The monoisotopic (exact) mass is 347 g/mol. The summed E-state index contributed by atoms with van der Waals surface area (Å²) in [5.74, 6) is 0.218. The van der Waals surface area contributed by atoms with Crippen molar-refractivity contribution in [1.82, 2.24) is 14.8 Å². The van der Waals surface area contributed by atoms with Crippen molar-refractivity contribution < 1.29 is 4.79 Å². The minimum atomic E-state index is 0.218. The largest absolute Gasteiger partial charge is 0.341 e. The van der Waals surface area contributed by atoms with Gasteiger partial charge >= 0.3 is 0 Å². The number of benzene rings is 1. The van der Waals surface area contributed by atoms with E-state index in [4.69, 9.17) is 11.6 Å². The molecule has 0 saturated carbocycles. The Bertz CT molecular complexity index is 687. The molecule has 3 heterocycles. The zero-order valence-electron chi connectivity index (χ0n) is 12.7. The SMILES string of the molecule is O=C(Cc1ccc(Cl)cc1)N1CC2(CN(Cc3cscn3)C2)C1. The summed E-state index contributed by atoms with van der Waals surface area (Å²) in [6.45, 7) is 4.88. The molecule has 2 fully saturated rings. The van der Waals surface area contributed by atoms with Crippen molar-refractivity contribution in [2.45, 2.75) is 13.0 Å². The number of thiazole rings is 1. The summed E-state index contributed by atoms with van der Waals surface area (Å²) in [7, 11) is 0. The first-order chi connectivity index (χ1) is 11.1. The zero-order valence-corrected chi connectivity index (χ0v) is 14.3.